The van der Waals surface area contributed by atoms with Crippen molar-refractivity contribution in [2.75, 3.05) is 6.61 Å². The fourth-order valence-electron chi connectivity index (χ4n) is 6.86. The van der Waals surface area contributed by atoms with E-state index in [1.807, 2.05) is 6.07 Å². The standard InChI is InChI=1S/C45H80O6Si2/c1-12-13-14-20-26-37-27-23-29-40(48-37)43(51-53(10,11)45(5,6)7)31-30-38(46)39-32-33-41(49-39)42(50-52(8,9)44(2,3)4)28-21-15-16-22-34-47-35-36-24-18-17-19-25-36/h17-19,24-25,37-43,46H,12-16,20-23,26-29,32-35H2,1-11H3/t37-,38-,39+,40-,41+,42+,43-/m0/s1. The minimum atomic E-state index is -2.13. The molecule has 0 aliphatic carbocycles. The Morgan fingerprint density at radius 1 is 0.736 bits per heavy atom. The van der Waals surface area contributed by atoms with Gasteiger partial charge in [0, 0.05) is 6.61 Å². The quantitative estimate of drug-likeness (QED) is 0.0762. The van der Waals surface area contributed by atoms with Gasteiger partial charge in [0.25, 0.3) is 0 Å². The molecule has 0 saturated carbocycles. The molecule has 6 nitrogen and oxygen atoms in total. The van der Waals surface area contributed by atoms with Crippen molar-refractivity contribution >= 4 is 16.6 Å². The van der Waals surface area contributed by atoms with Gasteiger partial charge in [-0.25, -0.2) is 0 Å². The second-order valence-electron chi connectivity index (χ2n) is 19.1. The predicted molar refractivity (Wildman–Crippen MR) is 226 cm³/mol. The van der Waals surface area contributed by atoms with Crippen LogP contribution < -0.4 is 0 Å². The normalized spacial score (nSPS) is 23.3. The van der Waals surface area contributed by atoms with Crippen LogP contribution in [0.3, 0.4) is 0 Å². The van der Waals surface area contributed by atoms with Gasteiger partial charge < -0.3 is 28.2 Å². The molecule has 1 N–H and O–H groups in total. The molecule has 2 fully saturated rings. The van der Waals surface area contributed by atoms with Crippen molar-refractivity contribution in [2.24, 2.45) is 0 Å². The maximum absolute atomic E-state index is 11.5. The first-order valence-corrected chi connectivity index (χ1v) is 27.2. The maximum Gasteiger partial charge on any atom is 0.193 e. The van der Waals surface area contributed by atoms with Gasteiger partial charge in [0.2, 0.25) is 0 Å². The summed E-state index contributed by atoms with van der Waals surface area (Å²) in [6.45, 7) is 26.7. The molecule has 1 aromatic rings. The summed E-state index contributed by atoms with van der Waals surface area (Å²) in [7, 11) is -4.16. The van der Waals surface area contributed by atoms with Crippen molar-refractivity contribution < 1.29 is 28.2 Å². The molecular weight excluding hydrogens is 693 g/mol. The number of rotatable bonds is 21. The number of hydrogen-bond acceptors (Lipinski definition) is 6. The molecule has 0 bridgehead atoms. The van der Waals surface area contributed by atoms with Crippen LogP contribution in [0.5, 0.6) is 0 Å². The van der Waals surface area contributed by atoms with E-state index in [-0.39, 0.29) is 46.7 Å². The molecule has 0 unspecified atom stereocenters. The maximum atomic E-state index is 11.5. The van der Waals surface area contributed by atoms with Gasteiger partial charge in [0.1, 0.15) is 12.2 Å². The molecule has 2 saturated heterocycles. The second kappa shape index (κ2) is 22.1. The zero-order valence-corrected chi connectivity index (χ0v) is 37.9. The first kappa shape index (κ1) is 46.4. The molecular formula is C45H80O6Si2. The van der Waals surface area contributed by atoms with Crippen LogP contribution in [0.15, 0.2) is 30.3 Å². The van der Waals surface area contributed by atoms with Crippen LogP contribution in [0.1, 0.15) is 150 Å². The predicted octanol–water partition coefficient (Wildman–Crippen LogP) is 11.8. The molecule has 304 valence electrons. The van der Waals surface area contributed by atoms with Crippen molar-refractivity contribution in [3.8, 4) is 11.8 Å². The van der Waals surface area contributed by atoms with Crippen molar-refractivity contribution in [1.82, 2.24) is 0 Å². The molecule has 0 aromatic heterocycles. The lowest BCUT2D eigenvalue weighted by molar-refractivity contribution is -0.0893. The first-order chi connectivity index (χ1) is 24.9. The molecule has 2 aliphatic rings. The van der Waals surface area contributed by atoms with Crippen LogP contribution in [-0.2, 0) is 29.7 Å². The summed E-state index contributed by atoms with van der Waals surface area (Å²) in [6, 6.07) is 10.4. The minimum absolute atomic E-state index is 0.0231. The summed E-state index contributed by atoms with van der Waals surface area (Å²) < 4.78 is 33.3. The summed E-state index contributed by atoms with van der Waals surface area (Å²) in [5, 5.41) is 11.7. The Hall–Kier alpha value is -1.03. The van der Waals surface area contributed by atoms with E-state index in [1.165, 1.54) is 31.2 Å². The Kier molecular flexibility index (Phi) is 19.3. The van der Waals surface area contributed by atoms with Crippen molar-refractivity contribution in [3.05, 3.63) is 35.9 Å². The van der Waals surface area contributed by atoms with Gasteiger partial charge in [-0.15, -0.1) is 0 Å². The lowest BCUT2D eigenvalue weighted by Gasteiger charge is -2.41. The number of hydrogen-bond donors (Lipinski definition) is 1. The van der Waals surface area contributed by atoms with E-state index in [9.17, 15) is 5.11 Å². The Balaban J connectivity index is 1.62. The molecule has 0 radical (unpaired) electrons. The molecule has 7 atom stereocenters. The van der Waals surface area contributed by atoms with E-state index >= 15 is 0 Å². The highest BCUT2D eigenvalue weighted by Gasteiger charge is 2.44. The Morgan fingerprint density at radius 3 is 2.06 bits per heavy atom. The Morgan fingerprint density at radius 2 is 1.38 bits per heavy atom. The third kappa shape index (κ3) is 15.8. The summed E-state index contributed by atoms with van der Waals surface area (Å²) >= 11 is 0. The van der Waals surface area contributed by atoms with E-state index in [0.717, 1.165) is 77.2 Å². The van der Waals surface area contributed by atoms with Gasteiger partial charge in [-0.1, -0.05) is 136 Å². The number of benzene rings is 1. The van der Waals surface area contributed by atoms with Gasteiger partial charge >= 0.3 is 0 Å². The largest absolute Gasteiger partial charge is 0.411 e. The monoisotopic (exact) mass is 773 g/mol. The SMILES string of the molecule is CCCCCC[C@H]1CCC[C@@H]([C@H](C#C[C@H](O)[C@H]2CC[C@H]([C@@H](CCCCCCOCc3ccccc3)O[Si](C)(C)C(C)(C)C)O2)O[Si](C)(C)C(C)(C)C)O1. The average molecular weight is 773 g/mol. The number of aliphatic hydroxyl groups excluding tert-OH is 1. The average Bonchev–Trinajstić information content (AvgIpc) is 3.59. The van der Waals surface area contributed by atoms with Gasteiger partial charge in [-0.05, 0) is 93.2 Å². The van der Waals surface area contributed by atoms with Gasteiger partial charge in [-0.2, -0.15) is 0 Å². The van der Waals surface area contributed by atoms with Crippen LogP contribution in [0.2, 0.25) is 36.3 Å². The molecule has 0 amide bonds. The van der Waals surface area contributed by atoms with E-state index < -0.39 is 22.7 Å². The summed E-state index contributed by atoms with van der Waals surface area (Å²) in [6.07, 6.45) is 15.1. The van der Waals surface area contributed by atoms with Crippen LogP contribution in [0.25, 0.3) is 0 Å². The highest BCUT2D eigenvalue weighted by molar-refractivity contribution is 6.74. The zero-order chi connectivity index (χ0) is 39.1. The van der Waals surface area contributed by atoms with Crippen LogP contribution in [0, 0.1) is 11.8 Å². The third-order valence-corrected chi connectivity index (χ3v) is 21.4. The lowest BCUT2D eigenvalue weighted by Crippen LogP contribution is -2.48. The fourth-order valence-corrected chi connectivity index (χ4v) is 9.43. The Bertz CT molecular complexity index is 1210. The van der Waals surface area contributed by atoms with Gasteiger partial charge in [-0.3, -0.25) is 0 Å². The number of ether oxygens (including phenoxy) is 3. The topological polar surface area (TPSA) is 66.4 Å². The lowest BCUT2D eigenvalue weighted by atomic mass is 9.97. The zero-order valence-electron chi connectivity index (χ0n) is 35.9. The van der Waals surface area contributed by atoms with Crippen LogP contribution in [0.4, 0.5) is 0 Å². The number of unbranched alkanes of at least 4 members (excludes halogenated alkanes) is 6. The van der Waals surface area contributed by atoms with E-state index in [1.54, 1.807) is 0 Å². The second-order valence-corrected chi connectivity index (χ2v) is 28.6. The molecule has 8 heteroatoms. The van der Waals surface area contributed by atoms with E-state index in [0.29, 0.717) is 6.61 Å². The molecule has 2 heterocycles. The number of aliphatic hydroxyl groups is 1. The fraction of sp³-hybridized carbons (Fsp3) is 0.822. The molecule has 1 aromatic carbocycles. The summed E-state index contributed by atoms with van der Waals surface area (Å²) in [5.41, 5.74) is 1.23. The molecule has 2 aliphatic heterocycles. The first-order valence-electron chi connectivity index (χ1n) is 21.4. The van der Waals surface area contributed by atoms with Crippen molar-refractivity contribution in [3.63, 3.8) is 0 Å². The smallest absolute Gasteiger partial charge is 0.193 e. The van der Waals surface area contributed by atoms with Crippen LogP contribution >= 0.6 is 0 Å². The highest BCUT2D eigenvalue weighted by atomic mass is 28.4. The molecule has 0 spiro atoms. The van der Waals surface area contributed by atoms with E-state index in [2.05, 4.69) is 111 Å². The molecule has 53 heavy (non-hydrogen) atoms. The van der Waals surface area contributed by atoms with Crippen molar-refractivity contribution in [1.29, 1.82) is 0 Å². The van der Waals surface area contributed by atoms with Gasteiger partial charge in [0.05, 0.1) is 37.1 Å². The molecule has 3 rings (SSSR count). The van der Waals surface area contributed by atoms with Gasteiger partial charge in [0.15, 0.2) is 16.6 Å². The highest BCUT2D eigenvalue weighted by Crippen LogP contribution is 2.41. The minimum Gasteiger partial charge on any atom is -0.411 e. The summed E-state index contributed by atoms with van der Waals surface area (Å²) in [5.74, 6) is 6.68. The van der Waals surface area contributed by atoms with E-state index in [4.69, 9.17) is 23.1 Å². The van der Waals surface area contributed by atoms with Crippen LogP contribution in [-0.4, -0.2) is 71.1 Å². The Labute approximate surface area is 328 Å². The van der Waals surface area contributed by atoms with Crippen molar-refractivity contribution in [2.45, 2.75) is 230 Å². The summed E-state index contributed by atoms with van der Waals surface area (Å²) in [4.78, 5) is 0. The third-order valence-electron chi connectivity index (χ3n) is 12.4.